The highest BCUT2D eigenvalue weighted by Gasteiger charge is 2.43. The molecule has 1 saturated carbocycles. The van der Waals surface area contributed by atoms with E-state index in [1.165, 1.54) is 5.56 Å². The van der Waals surface area contributed by atoms with Crippen molar-refractivity contribution in [3.63, 3.8) is 0 Å². The lowest BCUT2D eigenvalue weighted by atomic mass is 10.0. The Morgan fingerprint density at radius 1 is 1.19 bits per heavy atom. The Hall–Kier alpha value is -2.95. The van der Waals surface area contributed by atoms with Crippen molar-refractivity contribution in [1.82, 2.24) is 14.9 Å². The molecule has 130 valence electrons. The van der Waals surface area contributed by atoms with Crippen LogP contribution < -0.4 is 0 Å². The Morgan fingerprint density at radius 3 is 2.85 bits per heavy atom. The molecule has 0 saturated heterocycles. The van der Waals surface area contributed by atoms with Crippen molar-refractivity contribution in [2.24, 2.45) is 5.92 Å². The number of carbonyl (C=O) groups is 1. The molecule has 5 heteroatoms. The summed E-state index contributed by atoms with van der Waals surface area (Å²) in [5, 5.41) is 0. The largest absolute Gasteiger partial charge is 0.445 e. The van der Waals surface area contributed by atoms with Crippen LogP contribution in [0.5, 0.6) is 0 Å². The minimum Gasteiger partial charge on any atom is -0.445 e. The van der Waals surface area contributed by atoms with Crippen molar-refractivity contribution >= 4 is 5.91 Å². The second-order valence-electron chi connectivity index (χ2n) is 7.22. The van der Waals surface area contributed by atoms with Gasteiger partial charge in [0.15, 0.2) is 0 Å². The first-order valence-electron chi connectivity index (χ1n) is 8.94. The maximum atomic E-state index is 12.8. The molecule has 1 fully saturated rings. The van der Waals surface area contributed by atoms with E-state index in [1.807, 2.05) is 36.2 Å². The lowest BCUT2D eigenvalue weighted by Gasteiger charge is -2.15. The highest BCUT2D eigenvalue weighted by molar-refractivity contribution is 6.00. The van der Waals surface area contributed by atoms with Gasteiger partial charge in [0.2, 0.25) is 5.89 Å². The Morgan fingerprint density at radius 2 is 2.08 bits per heavy atom. The first kappa shape index (κ1) is 15.3. The lowest BCUT2D eigenvalue weighted by Crippen LogP contribution is -2.26. The molecule has 2 aliphatic rings. The van der Waals surface area contributed by atoms with Crippen LogP contribution in [0.1, 0.15) is 39.5 Å². The number of oxazole rings is 1. The van der Waals surface area contributed by atoms with Gasteiger partial charge in [0.05, 0.1) is 6.20 Å². The van der Waals surface area contributed by atoms with Crippen LogP contribution in [0.2, 0.25) is 0 Å². The topological polar surface area (TPSA) is 59.2 Å². The number of rotatable bonds is 4. The summed E-state index contributed by atoms with van der Waals surface area (Å²) in [5.41, 5.74) is 5.02. The Labute approximate surface area is 151 Å². The molecule has 3 heterocycles. The summed E-state index contributed by atoms with van der Waals surface area (Å²) in [4.78, 5) is 23.6. The number of carbonyl (C=O) groups excluding carboxylic acids is 1. The average molecular weight is 345 g/mol. The van der Waals surface area contributed by atoms with Crippen LogP contribution in [-0.4, -0.2) is 27.3 Å². The summed E-state index contributed by atoms with van der Waals surface area (Å²) in [5.74, 6) is 1.65. The number of benzene rings is 1. The molecular formula is C21H19N3O2. The third-order valence-corrected chi connectivity index (χ3v) is 5.40. The normalized spacial score (nSPS) is 21.1. The molecule has 0 radical (unpaired) electrons. The molecule has 2 atom stereocenters. The predicted molar refractivity (Wildman–Crippen MR) is 96.5 cm³/mol. The van der Waals surface area contributed by atoms with Gasteiger partial charge in [0, 0.05) is 42.0 Å². The summed E-state index contributed by atoms with van der Waals surface area (Å²) >= 11 is 0. The molecule has 1 amide bonds. The molecule has 0 bridgehead atoms. The fourth-order valence-electron chi connectivity index (χ4n) is 3.89. The van der Waals surface area contributed by atoms with Crippen LogP contribution in [0.25, 0.3) is 11.5 Å². The molecule has 5 nitrogen and oxygen atoms in total. The van der Waals surface area contributed by atoms with Crippen molar-refractivity contribution in [2.75, 3.05) is 6.54 Å². The van der Waals surface area contributed by atoms with Gasteiger partial charge in [0.1, 0.15) is 6.26 Å². The van der Waals surface area contributed by atoms with Crippen LogP contribution in [0.3, 0.4) is 0 Å². The number of amides is 1. The Bertz CT molecular complexity index is 963. The fourth-order valence-corrected chi connectivity index (χ4v) is 3.89. The zero-order valence-electron chi connectivity index (χ0n) is 14.6. The zero-order valence-corrected chi connectivity index (χ0v) is 14.6. The quantitative estimate of drug-likeness (QED) is 0.721. The minimum absolute atomic E-state index is 0.107. The van der Waals surface area contributed by atoms with Crippen molar-refractivity contribution in [3.8, 4) is 11.5 Å². The molecular weight excluding hydrogens is 326 g/mol. The predicted octanol–water partition coefficient (Wildman–Crippen LogP) is 3.80. The van der Waals surface area contributed by atoms with Gasteiger partial charge >= 0.3 is 0 Å². The molecule has 2 unspecified atom stereocenters. The molecule has 2 aromatic heterocycles. The van der Waals surface area contributed by atoms with Crippen LogP contribution >= 0.6 is 0 Å². The first-order valence-corrected chi connectivity index (χ1v) is 8.94. The lowest BCUT2D eigenvalue weighted by molar-refractivity contribution is 0.0770. The van der Waals surface area contributed by atoms with Gasteiger partial charge in [-0.15, -0.1) is 0 Å². The number of hydrogen-bond acceptors (Lipinski definition) is 4. The smallest absolute Gasteiger partial charge is 0.254 e. The van der Waals surface area contributed by atoms with Crippen molar-refractivity contribution in [1.29, 1.82) is 0 Å². The third-order valence-electron chi connectivity index (χ3n) is 5.40. The number of pyridine rings is 1. The monoisotopic (exact) mass is 345 g/mol. The van der Waals surface area contributed by atoms with Crippen LogP contribution in [0.15, 0.2) is 53.4 Å². The first-order chi connectivity index (χ1) is 12.7. The van der Waals surface area contributed by atoms with Crippen LogP contribution in [-0.2, 0) is 6.54 Å². The van der Waals surface area contributed by atoms with E-state index in [1.54, 1.807) is 12.5 Å². The van der Waals surface area contributed by atoms with E-state index >= 15 is 0 Å². The van der Waals surface area contributed by atoms with E-state index in [0.29, 0.717) is 24.3 Å². The second kappa shape index (κ2) is 5.80. The maximum Gasteiger partial charge on any atom is 0.254 e. The van der Waals surface area contributed by atoms with E-state index < -0.39 is 0 Å². The fraction of sp³-hybridized carbons (Fsp3) is 0.286. The average Bonchev–Trinajstić information content (AvgIpc) is 3.06. The van der Waals surface area contributed by atoms with Gasteiger partial charge in [-0.25, -0.2) is 4.98 Å². The molecule has 1 aromatic carbocycles. The number of aryl methyl sites for hydroxylation is 1. The van der Waals surface area contributed by atoms with Gasteiger partial charge in [-0.3, -0.25) is 9.78 Å². The van der Waals surface area contributed by atoms with Gasteiger partial charge < -0.3 is 9.32 Å². The molecule has 1 aliphatic heterocycles. The van der Waals surface area contributed by atoms with Gasteiger partial charge in [-0.2, -0.15) is 0 Å². The standard InChI is InChI=1S/C21H19N3O2/c1-13-5-6-19(23-10-13)17-9-14(17)11-24-12-18-15(20-22-7-8-26-20)3-2-4-16(18)21(24)25/h2-8,10,14,17H,9,11-12H2,1H3. The molecule has 1 aliphatic carbocycles. The Kier molecular flexibility index (Phi) is 3.42. The van der Waals surface area contributed by atoms with E-state index in [9.17, 15) is 4.79 Å². The SMILES string of the molecule is Cc1ccc(C2CC2CN2Cc3c(cccc3-c3ncco3)C2=O)nc1. The molecule has 5 rings (SSSR count). The van der Waals surface area contributed by atoms with E-state index in [-0.39, 0.29) is 5.91 Å². The Balaban J connectivity index is 1.34. The van der Waals surface area contributed by atoms with E-state index in [0.717, 1.165) is 35.3 Å². The molecule has 0 spiro atoms. The number of fused-ring (bicyclic) bond motifs is 1. The van der Waals surface area contributed by atoms with E-state index in [2.05, 4.69) is 22.1 Å². The van der Waals surface area contributed by atoms with Crippen molar-refractivity contribution < 1.29 is 9.21 Å². The minimum atomic E-state index is 0.107. The van der Waals surface area contributed by atoms with Crippen LogP contribution in [0.4, 0.5) is 0 Å². The summed E-state index contributed by atoms with van der Waals surface area (Å²) in [6.07, 6.45) is 6.21. The number of aromatic nitrogens is 2. The second-order valence-corrected chi connectivity index (χ2v) is 7.22. The summed E-state index contributed by atoms with van der Waals surface area (Å²) in [7, 11) is 0. The van der Waals surface area contributed by atoms with Gasteiger partial charge in [-0.1, -0.05) is 12.1 Å². The molecule has 3 aromatic rings. The molecule has 0 N–H and O–H groups in total. The van der Waals surface area contributed by atoms with Crippen LogP contribution in [0, 0.1) is 12.8 Å². The summed E-state index contributed by atoms with van der Waals surface area (Å²) < 4.78 is 5.44. The molecule has 26 heavy (non-hydrogen) atoms. The highest BCUT2D eigenvalue weighted by atomic mass is 16.3. The van der Waals surface area contributed by atoms with E-state index in [4.69, 9.17) is 4.42 Å². The summed E-state index contributed by atoms with van der Waals surface area (Å²) in [6.45, 7) is 3.45. The van der Waals surface area contributed by atoms with Crippen molar-refractivity contribution in [2.45, 2.75) is 25.8 Å². The van der Waals surface area contributed by atoms with Crippen molar-refractivity contribution in [3.05, 3.63) is 71.4 Å². The van der Waals surface area contributed by atoms with Gasteiger partial charge in [0.25, 0.3) is 5.91 Å². The summed E-state index contributed by atoms with van der Waals surface area (Å²) in [6, 6.07) is 9.99. The highest BCUT2D eigenvalue weighted by Crippen LogP contribution is 2.48. The zero-order chi connectivity index (χ0) is 17.7. The number of nitrogens with zero attached hydrogens (tertiary/aromatic N) is 3. The van der Waals surface area contributed by atoms with Gasteiger partial charge in [-0.05, 0) is 48.6 Å². The maximum absolute atomic E-state index is 12.8. The number of hydrogen-bond donors (Lipinski definition) is 0. The third kappa shape index (κ3) is 2.51.